The monoisotopic (exact) mass is 252 g/mol. The first-order chi connectivity index (χ1) is 9.31. The van der Waals surface area contributed by atoms with E-state index in [9.17, 15) is 0 Å². The Hall–Kier alpha value is -2.20. The molecule has 1 atom stereocenters. The molecule has 0 saturated heterocycles. The summed E-state index contributed by atoms with van der Waals surface area (Å²) in [4.78, 5) is 8.53. The lowest BCUT2D eigenvalue weighted by atomic mass is 9.95. The minimum absolute atomic E-state index is 0.0831. The normalized spacial score (nSPS) is 12.7. The van der Waals surface area contributed by atoms with Crippen LogP contribution in [-0.2, 0) is 7.05 Å². The number of para-hydroxylation sites is 1. The van der Waals surface area contributed by atoms with E-state index in [-0.39, 0.29) is 5.92 Å². The highest BCUT2D eigenvalue weighted by Gasteiger charge is 2.18. The van der Waals surface area contributed by atoms with Crippen molar-refractivity contribution < 1.29 is 0 Å². The number of nitrogens with zero attached hydrogens (tertiary/aromatic N) is 3. The predicted molar refractivity (Wildman–Crippen MR) is 75.8 cm³/mol. The van der Waals surface area contributed by atoms with Crippen LogP contribution in [0.3, 0.4) is 0 Å². The Morgan fingerprint density at radius 3 is 2.84 bits per heavy atom. The van der Waals surface area contributed by atoms with Crippen molar-refractivity contribution in [3.8, 4) is 0 Å². The van der Waals surface area contributed by atoms with Gasteiger partial charge in [-0.3, -0.25) is 9.97 Å². The molecule has 3 aromatic rings. The van der Waals surface area contributed by atoms with Crippen molar-refractivity contribution in [3.05, 3.63) is 60.3 Å². The van der Waals surface area contributed by atoms with Gasteiger partial charge < -0.3 is 10.3 Å². The Labute approximate surface area is 111 Å². The Morgan fingerprint density at radius 2 is 2.11 bits per heavy atom. The third kappa shape index (κ3) is 2.00. The molecule has 0 bridgehead atoms. The van der Waals surface area contributed by atoms with E-state index < -0.39 is 0 Å². The van der Waals surface area contributed by atoms with Gasteiger partial charge in [-0.1, -0.05) is 18.2 Å². The van der Waals surface area contributed by atoms with Gasteiger partial charge in [0.2, 0.25) is 0 Å². The molecule has 2 N–H and O–H groups in total. The molecule has 3 rings (SSSR count). The fraction of sp³-hybridized carbons (Fsp3) is 0.200. The van der Waals surface area contributed by atoms with Gasteiger partial charge in [0.15, 0.2) is 0 Å². The zero-order valence-corrected chi connectivity index (χ0v) is 10.8. The standard InChI is InChI=1S/C15H16N4/c1-19-10-13(11-4-2-3-5-15(11)19)12(8-16)14-9-17-6-7-18-14/h2-7,9-10,12H,8,16H2,1H3. The number of benzene rings is 1. The molecule has 0 aliphatic heterocycles. The molecule has 0 aliphatic rings. The molecule has 0 saturated carbocycles. The van der Waals surface area contributed by atoms with Crippen LogP contribution in [0.1, 0.15) is 17.2 Å². The molecule has 96 valence electrons. The van der Waals surface area contributed by atoms with Gasteiger partial charge in [-0.25, -0.2) is 0 Å². The molecule has 1 aromatic carbocycles. The molecule has 0 spiro atoms. The zero-order chi connectivity index (χ0) is 13.2. The van der Waals surface area contributed by atoms with E-state index in [4.69, 9.17) is 5.73 Å². The number of fused-ring (bicyclic) bond motifs is 1. The average molecular weight is 252 g/mol. The van der Waals surface area contributed by atoms with Crippen LogP contribution in [-0.4, -0.2) is 21.1 Å². The molecule has 2 heterocycles. The summed E-state index contributed by atoms with van der Waals surface area (Å²) in [6.07, 6.45) is 7.32. The summed E-state index contributed by atoms with van der Waals surface area (Å²) in [7, 11) is 2.05. The fourth-order valence-corrected chi connectivity index (χ4v) is 2.55. The predicted octanol–water partition coefficient (Wildman–Crippen LogP) is 2.06. The maximum atomic E-state index is 5.96. The van der Waals surface area contributed by atoms with Gasteiger partial charge in [0.25, 0.3) is 0 Å². The van der Waals surface area contributed by atoms with Crippen LogP contribution in [0.15, 0.2) is 49.1 Å². The summed E-state index contributed by atoms with van der Waals surface area (Å²) >= 11 is 0. The van der Waals surface area contributed by atoms with Crippen LogP contribution in [0.5, 0.6) is 0 Å². The number of hydrogen-bond acceptors (Lipinski definition) is 3. The number of hydrogen-bond donors (Lipinski definition) is 1. The van der Waals surface area contributed by atoms with Gasteiger partial charge in [-0.15, -0.1) is 0 Å². The second-order valence-corrected chi connectivity index (χ2v) is 4.63. The van der Waals surface area contributed by atoms with E-state index in [0.29, 0.717) is 6.54 Å². The third-order valence-corrected chi connectivity index (χ3v) is 3.48. The van der Waals surface area contributed by atoms with Gasteiger partial charge >= 0.3 is 0 Å². The van der Waals surface area contributed by atoms with E-state index in [2.05, 4.69) is 46.0 Å². The van der Waals surface area contributed by atoms with Crippen molar-refractivity contribution >= 4 is 10.9 Å². The molecule has 2 aromatic heterocycles. The number of aryl methyl sites for hydroxylation is 1. The lowest BCUT2D eigenvalue weighted by Crippen LogP contribution is -2.15. The van der Waals surface area contributed by atoms with Gasteiger partial charge in [0.1, 0.15) is 0 Å². The SMILES string of the molecule is Cn1cc(C(CN)c2cnccn2)c2ccccc21. The third-order valence-electron chi connectivity index (χ3n) is 3.48. The van der Waals surface area contributed by atoms with Crippen molar-refractivity contribution in [2.45, 2.75) is 5.92 Å². The van der Waals surface area contributed by atoms with E-state index in [1.54, 1.807) is 18.6 Å². The van der Waals surface area contributed by atoms with Crippen LogP contribution in [0.25, 0.3) is 10.9 Å². The first-order valence-corrected chi connectivity index (χ1v) is 6.31. The summed E-state index contributed by atoms with van der Waals surface area (Å²) < 4.78 is 2.13. The number of rotatable bonds is 3. The Balaban J connectivity index is 2.17. The van der Waals surface area contributed by atoms with Crippen molar-refractivity contribution in [3.63, 3.8) is 0 Å². The first-order valence-electron chi connectivity index (χ1n) is 6.31. The van der Waals surface area contributed by atoms with Gasteiger partial charge in [0, 0.05) is 55.2 Å². The largest absolute Gasteiger partial charge is 0.350 e. The summed E-state index contributed by atoms with van der Waals surface area (Å²) in [5.41, 5.74) is 9.30. The van der Waals surface area contributed by atoms with E-state index in [1.807, 2.05) is 6.07 Å². The van der Waals surface area contributed by atoms with Crippen molar-refractivity contribution in [2.75, 3.05) is 6.54 Å². The summed E-state index contributed by atoms with van der Waals surface area (Å²) in [6.45, 7) is 0.521. The fourth-order valence-electron chi connectivity index (χ4n) is 2.55. The highest BCUT2D eigenvalue weighted by molar-refractivity contribution is 5.84. The molecule has 4 nitrogen and oxygen atoms in total. The summed E-state index contributed by atoms with van der Waals surface area (Å²) in [6, 6.07) is 8.34. The van der Waals surface area contributed by atoms with Crippen molar-refractivity contribution in [1.82, 2.24) is 14.5 Å². The quantitative estimate of drug-likeness (QED) is 0.776. The van der Waals surface area contributed by atoms with Crippen LogP contribution in [0, 0.1) is 0 Å². The minimum Gasteiger partial charge on any atom is -0.350 e. The number of aromatic nitrogens is 3. The van der Waals surface area contributed by atoms with Crippen molar-refractivity contribution in [1.29, 1.82) is 0 Å². The lowest BCUT2D eigenvalue weighted by Gasteiger charge is -2.12. The minimum atomic E-state index is 0.0831. The Kier molecular flexibility index (Phi) is 3.01. The zero-order valence-electron chi connectivity index (χ0n) is 10.8. The molecule has 0 aliphatic carbocycles. The molecule has 4 heteroatoms. The Bertz CT molecular complexity index is 688. The second-order valence-electron chi connectivity index (χ2n) is 4.63. The van der Waals surface area contributed by atoms with Crippen LogP contribution in [0.2, 0.25) is 0 Å². The molecule has 19 heavy (non-hydrogen) atoms. The maximum Gasteiger partial charge on any atom is 0.0674 e. The van der Waals surface area contributed by atoms with Gasteiger partial charge in [-0.2, -0.15) is 0 Å². The highest BCUT2D eigenvalue weighted by atomic mass is 14.9. The first kappa shape index (κ1) is 11.9. The molecule has 0 amide bonds. The average Bonchev–Trinajstić information content (AvgIpc) is 2.79. The van der Waals surface area contributed by atoms with Crippen LogP contribution >= 0.6 is 0 Å². The molecule has 0 fully saturated rings. The van der Waals surface area contributed by atoms with Gasteiger partial charge in [-0.05, 0) is 11.6 Å². The molecular weight excluding hydrogens is 236 g/mol. The molecular formula is C15H16N4. The Morgan fingerprint density at radius 1 is 1.26 bits per heavy atom. The van der Waals surface area contributed by atoms with Crippen LogP contribution in [0.4, 0.5) is 0 Å². The highest BCUT2D eigenvalue weighted by Crippen LogP contribution is 2.30. The van der Waals surface area contributed by atoms with Crippen LogP contribution < -0.4 is 5.73 Å². The van der Waals surface area contributed by atoms with Crippen molar-refractivity contribution in [2.24, 2.45) is 12.8 Å². The van der Waals surface area contributed by atoms with Gasteiger partial charge in [0.05, 0.1) is 5.69 Å². The lowest BCUT2D eigenvalue weighted by molar-refractivity contribution is 0.779. The molecule has 1 unspecified atom stereocenters. The van der Waals surface area contributed by atoms with E-state index in [1.165, 1.54) is 16.5 Å². The van der Waals surface area contributed by atoms with E-state index >= 15 is 0 Å². The second kappa shape index (κ2) is 4.82. The van der Waals surface area contributed by atoms with E-state index in [0.717, 1.165) is 5.69 Å². The molecule has 0 radical (unpaired) electrons. The summed E-state index contributed by atoms with van der Waals surface area (Å²) in [5, 5.41) is 1.23. The maximum absolute atomic E-state index is 5.96. The summed E-state index contributed by atoms with van der Waals surface area (Å²) in [5.74, 6) is 0.0831. The number of nitrogens with two attached hydrogens (primary N) is 1. The topological polar surface area (TPSA) is 56.7 Å². The smallest absolute Gasteiger partial charge is 0.0674 e.